The van der Waals surface area contributed by atoms with Gasteiger partial charge in [0.1, 0.15) is 0 Å². The molecule has 1 amide bonds. The zero-order valence-electron chi connectivity index (χ0n) is 23.8. The number of amides is 1. The minimum Gasteiger partial charge on any atom is -0.370 e. The molecule has 0 unspecified atom stereocenters. The van der Waals surface area contributed by atoms with Crippen molar-refractivity contribution in [3.63, 3.8) is 0 Å². The number of carbonyl (C=O) groups is 1. The highest BCUT2D eigenvalue weighted by atomic mass is 32.2. The molecular formula is C24H42N4O9P2S. The first kappa shape index (κ1) is 34.6. The highest BCUT2D eigenvalue weighted by Crippen LogP contribution is 2.70. The maximum Gasteiger partial charge on any atom is 0.347 e. The van der Waals surface area contributed by atoms with E-state index in [1.807, 2.05) is 0 Å². The summed E-state index contributed by atoms with van der Waals surface area (Å²) in [5.74, 6) is -1.82. The van der Waals surface area contributed by atoms with Crippen LogP contribution in [-0.4, -0.2) is 82.9 Å². The first-order valence-corrected chi connectivity index (χ1v) is 18.4. The predicted molar refractivity (Wildman–Crippen MR) is 153 cm³/mol. The molecule has 1 saturated heterocycles. The molecule has 1 aliphatic rings. The van der Waals surface area contributed by atoms with Crippen LogP contribution in [-0.2, 0) is 37.1 Å². The highest BCUT2D eigenvalue weighted by Gasteiger charge is 2.52. The topological polar surface area (TPSA) is 187 Å². The van der Waals surface area contributed by atoms with Crippen molar-refractivity contribution in [2.24, 2.45) is 5.73 Å². The van der Waals surface area contributed by atoms with Crippen LogP contribution in [0.1, 0.15) is 62.4 Å². The van der Waals surface area contributed by atoms with E-state index in [0.29, 0.717) is 31.5 Å². The van der Waals surface area contributed by atoms with Crippen molar-refractivity contribution in [2.75, 3.05) is 52.3 Å². The van der Waals surface area contributed by atoms with E-state index in [0.717, 1.165) is 11.2 Å². The van der Waals surface area contributed by atoms with Crippen LogP contribution in [0.15, 0.2) is 23.1 Å². The summed E-state index contributed by atoms with van der Waals surface area (Å²) in [6.07, 6.45) is 2.24. The Balaban J connectivity index is 2.74. The molecule has 0 aromatic heterocycles. The van der Waals surface area contributed by atoms with E-state index in [-0.39, 0.29) is 42.8 Å². The van der Waals surface area contributed by atoms with Gasteiger partial charge in [0.2, 0.25) is 0 Å². The summed E-state index contributed by atoms with van der Waals surface area (Å²) in [5.41, 5.74) is 6.23. The van der Waals surface area contributed by atoms with Gasteiger partial charge in [-0.2, -0.15) is 0 Å². The number of nitrogens with zero attached hydrogens (tertiary/aromatic N) is 1. The lowest BCUT2D eigenvalue weighted by molar-refractivity contribution is 0.0841. The zero-order valence-corrected chi connectivity index (χ0v) is 26.4. The molecule has 0 radical (unpaired) electrons. The molecule has 1 fully saturated rings. The van der Waals surface area contributed by atoms with Gasteiger partial charge in [0.25, 0.3) is 5.91 Å². The highest BCUT2D eigenvalue weighted by molar-refractivity contribution is 7.90. The Kier molecular flexibility index (Phi) is 13.0. The number of sulfone groups is 1. The molecule has 0 saturated carbocycles. The van der Waals surface area contributed by atoms with Crippen molar-refractivity contribution in [1.29, 1.82) is 5.41 Å². The first-order chi connectivity index (χ1) is 18.8. The van der Waals surface area contributed by atoms with E-state index in [1.54, 1.807) is 27.7 Å². The number of hydrogen-bond acceptors (Lipinski definition) is 11. The van der Waals surface area contributed by atoms with Gasteiger partial charge in [0.05, 0.1) is 37.9 Å². The number of hydrogen-bond donors (Lipinski definition) is 3. The van der Waals surface area contributed by atoms with E-state index in [1.165, 1.54) is 18.2 Å². The van der Waals surface area contributed by atoms with E-state index < -0.39 is 48.8 Å². The summed E-state index contributed by atoms with van der Waals surface area (Å²) < 4.78 is 75.5. The van der Waals surface area contributed by atoms with Crippen LogP contribution in [0.3, 0.4) is 0 Å². The Hall–Kier alpha value is -1.63. The second-order valence-electron chi connectivity index (χ2n) is 9.05. The Labute approximate surface area is 236 Å². The lowest BCUT2D eigenvalue weighted by Gasteiger charge is -2.35. The average molecular weight is 625 g/mol. The average Bonchev–Trinajstić information content (AvgIpc) is 2.88. The van der Waals surface area contributed by atoms with Crippen molar-refractivity contribution < 1.29 is 40.4 Å². The van der Waals surface area contributed by atoms with Crippen molar-refractivity contribution >= 4 is 36.9 Å². The summed E-state index contributed by atoms with van der Waals surface area (Å²) >= 11 is 0. The number of carbonyl (C=O) groups excluding carboxylic acids is 1. The quantitative estimate of drug-likeness (QED) is 0.146. The van der Waals surface area contributed by atoms with Gasteiger partial charge in [-0.15, -0.1) is 0 Å². The third kappa shape index (κ3) is 8.23. The molecule has 228 valence electrons. The van der Waals surface area contributed by atoms with Crippen LogP contribution in [0.4, 0.5) is 0 Å². The van der Waals surface area contributed by atoms with Crippen molar-refractivity contribution in [1.82, 2.24) is 10.2 Å². The van der Waals surface area contributed by atoms with Gasteiger partial charge in [0, 0.05) is 11.8 Å². The largest absolute Gasteiger partial charge is 0.370 e. The Morgan fingerprint density at radius 3 is 1.90 bits per heavy atom. The maximum atomic E-state index is 14.1. The van der Waals surface area contributed by atoms with Gasteiger partial charge < -0.3 is 29.1 Å². The summed E-state index contributed by atoms with van der Waals surface area (Å²) in [6, 6.07) is 4.36. The summed E-state index contributed by atoms with van der Waals surface area (Å²) in [4.78, 5) is 14.9. The number of guanidine groups is 1. The van der Waals surface area contributed by atoms with Crippen molar-refractivity contribution in [3.8, 4) is 0 Å². The smallest absolute Gasteiger partial charge is 0.347 e. The van der Waals surface area contributed by atoms with Crippen LogP contribution < -0.4 is 11.1 Å². The van der Waals surface area contributed by atoms with Gasteiger partial charge in [0.15, 0.2) is 21.2 Å². The minimum absolute atomic E-state index is 0.00825. The normalized spacial score (nSPS) is 15.3. The molecule has 40 heavy (non-hydrogen) atoms. The first-order valence-electron chi connectivity index (χ1n) is 13.3. The third-order valence-corrected chi connectivity index (χ3v) is 13.4. The fourth-order valence-electron chi connectivity index (χ4n) is 4.70. The molecule has 0 aliphatic carbocycles. The number of nitrogens with one attached hydrogen (secondary N) is 2. The fraction of sp³-hybridized carbons (Fsp3) is 0.667. The Bertz CT molecular complexity index is 1190. The molecule has 1 heterocycles. The SMILES string of the molecule is CCOP(=O)(OCC)C(CN(C(=N)N)C(=O)c1cccc(S(C)(=O)=O)c1C1CCNCC1)P(=O)(OCC)OCC. The molecule has 13 nitrogen and oxygen atoms in total. The minimum atomic E-state index is -4.27. The molecule has 16 heteroatoms. The Morgan fingerprint density at radius 2 is 1.50 bits per heavy atom. The monoisotopic (exact) mass is 624 g/mol. The van der Waals surface area contributed by atoms with E-state index in [4.69, 9.17) is 29.2 Å². The van der Waals surface area contributed by atoms with Crippen LogP contribution in [0.25, 0.3) is 0 Å². The third-order valence-electron chi connectivity index (χ3n) is 6.29. The van der Waals surface area contributed by atoms with Crippen LogP contribution in [0.2, 0.25) is 0 Å². The Morgan fingerprint density at radius 1 is 1.02 bits per heavy atom. The summed E-state index contributed by atoms with van der Waals surface area (Å²) in [7, 11) is -12.3. The lowest BCUT2D eigenvalue weighted by atomic mass is 9.86. The van der Waals surface area contributed by atoms with Gasteiger partial charge >= 0.3 is 15.2 Å². The molecule has 0 spiro atoms. The van der Waals surface area contributed by atoms with Crippen LogP contribution >= 0.6 is 15.2 Å². The number of nitrogens with two attached hydrogens (primary N) is 1. The van der Waals surface area contributed by atoms with Crippen molar-refractivity contribution in [2.45, 2.75) is 56.8 Å². The van der Waals surface area contributed by atoms with E-state index in [9.17, 15) is 22.3 Å². The molecule has 1 aromatic carbocycles. The van der Waals surface area contributed by atoms with Gasteiger partial charge in [-0.25, -0.2) is 8.42 Å². The summed E-state index contributed by atoms with van der Waals surface area (Å²) in [6.45, 7) is 6.60. The van der Waals surface area contributed by atoms with E-state index >= 15 is 0 Å². The van der Waals surface area contributed by atoms with E-state index in [2.05, 4.69) is 5.32 Å². The van der Waals surface area contributed by atoms with Crippen LogP contribution in [0.5, 0.6) is 0 Å². The predicted octanol–water partition coefficient (Wildman–Crippen LogP) is 3.75. The molecule has 2 rings (SSSR count). The number of benzene rings is 1. The molecule has 1 aromatic rings. The standard InChI is InChI=1S/C24H42N4O9P2S/c1-6-34-38(30,35-7-2)21(39(31,36-8-3)37-9-4)17-28(24(25)26)23(29)19-11-10-12-20(40(5,32)33)22(19)18-13-15-27-16-14-18/h10-12,18,21,27H,6-9,13-17H2,1-5H3,(H3,25,26). The van der Waals surface area contributed by atoms with Gasteiger partial charge in [-0.05, 0) is 77.2 Å². The molecule has 0 bridgehead atoms. The molecule has 1 aliphatic heterocycles. The second kappa shape index (κ2) is 15.0. The van der Waals surface area contributed by atoms with Crippen LogP contribution in [0, 0.1) is 5.41 Å². The number of rotatable bonds is 15. The zero-order chi connectivity index (χ0) is 30.1. The maximum absolute atomic E-state index is 14.1. The number of piperidine rings is 1. The fourth-order valence-corrected chi connectivity index (χ4v) is 10.9. The van der Waals surface area contributed by atoms with Gasteiger partial charge in [-0.3, -0.25) is 24.2 Å². The summed E-state index contributed by atoms with van der Waals surface area (Å²) in [5, 5.41) is 9.82. The second-order valence-corrected chi connectivity index (χ2v) is 15.9. The molecular weight excluding hydrogens is 582 g/mol. The van der Waals surface area contributed by atoms with Gasteiger partial charge in [-0.1, -0.05) is 6.07 Å². The molecule has 0 atom stereocenters. The lowest BCUT2D eigenvalue weighted by Crippen LogP contribution is -2.46. The molecule has 4 N–H and O–H groups in total. The van der Waals surface area contributed by atoms with Crippen molar-refractivity contribution in [3.05, 3.63) is 29.3 Å².